The number of amides is 2. The molecule has 0 atom stereocenters. The molecule has 0 saturated carbocycles. The second-order valence-electron chi connectivity index (χ2n) is 9.07. The van der Waals surface area contributed by atoms with E-state index in [1.807, 2.05) is 31.4 Å². The first-order chi connectivity index (χ1) is 18.7. The maximum atomic E-state index is 12.6. The molecule has 0 aliphatic carbocycles. The number of anilines is 2. The summed E-state index contributed by atoms with van der Waals surface area (Å²) in [7, 11) is 2.04. The van der Waals surface area contributed by atoms with Crippen LogP contribution in [0.4, 0.5) is 29.3 Å². The quantitative estimate of drug-likeness (QED) is 0.289. The van der Waals surface area contributed by atoms with Crippen LogP contribution in [0.15, 0.2) is 79.1 Å². The maximum Gasteiger partial charge on any atom is 0.573 e. The van der Waals surface area contributed by atoms with Crippen LogP contribution < -0.4 is 20.1 Å². The first-order valence-electron chi connectivity index (χ1n) is 12.2. The topological polar surface area (TPSA) is 80.7 Å². The van der Waals surface area contributed by atoms with Crippen LogP contribution in [0.3, 0.4) is 0 Å². The lowest BCUT2D eigenvalue weighted by Gasteiger charge is -2.30. The van der Waals surface area contributed by atoms with Crippen LogP contribution in [-0.2, 0) is 26.6 Å². The number of aromatic nitrogens is 2. The fraction of sp³-hybridized carbons (Fsp3) is 0.214. The van der Waals surface area contributed by atoms with Gasteiger partial charge in [0, 0.05) is 56.0 Å². The van der Waals surface area contributed by atoms with Crippen LogP contribution in [0.2, 0.25) is 0 Å². The largest absolute Gasteiger partial charge is 0.573 e. The number of ether oxygens (including phenoxy) is 2. The Labute approximate surface area is 223 Å². The van der Waals surface area contributed by atoms with E-state index in [2.05, 4.69) is 42.0 Å². The van der Waals surface area contributed by atoms with E-state index in [-0.39, 0.29) is 17.3 Å². The highest BCUT2D eigenvalue weighted by Crippen LogP contribution is 2.34. The SMILES string of the molecule is Cn1cccc1CN1CCc2c(cccc2Oc2ncccc2NC(=O)Nc2ccc(OC(F)(F)F)cc2)C1. The molecule has 4 aromatic rings. The Bertz CT molecular complexity index is 1450. The number of carbonyl (C=O) groups is 1. The summed E-state index contributed by atoms with van der Waals surface area (Å²) in [5.74, 6) is 0.514. The molecule has 0 unspecified atom stereocenters. The summed E-state index contributed by atoms with van der Waals surface area (Å²) in [6, 6.07) is 17.6. The van der Waals surface area contributed by atoms with Crippen LogP contribution in [0.5, 0.6) is 17.4 Å². The molecule has 3 heterocycles. The first-order valence-corrected chi connectivity index (χ1v) is 12.2. The summed E-state index contributed by atoms with van der Waals surface area (Å²) in [4.78, 5) is 19.3. The number of urea groups is 1. The van der Waals surface area contributed by atoms with Gasteiger partial charge in [-0.2, -0.15) is 0 Å². The van der Waals surface area contributed by atoms with Crippen molar-refractivity contribution in [2.24, 2.45) is 7.05 Å². The van der Waals surface area contributed by atoms with Gasteiger partial charge in [-0.05, 0) is 66.6 Å². The number of hydrogen-bond donors (Lipinski definition) is 2. The van der Waals surface area contributed by atoms with Gasteiger partial charge >= 0.3 is 12.4 Å². The van der Waals surface area contributed by atoms with Crippen LogP contribution in [0.1, 0.15) is 16.8 Å². The third kappa shape index (κ3) is 6.68. The van der Waals surface area contributed by atoms with Crippen molar-refractivity contribution >= 4 is 17.4 Å². The standard InChI is InChI=1S/C28H26F3N5O3/c1-35-15-4-6-21(35)18-36-16-13-23-19(17-36)5-2-8-25(23)38-26-24(7-3-14-32-26)34-27(37)33-20-9-11-22(12-10-20)39-28(29,30)31/h2-12,14-15H,13,16-18H2,1H3,(H2,33,34,37). The van der Waals surface area contributed by atoms with Crippen molar-refractivity contribution in [3.05, 3.63) is 95.9 Å². The normalized spacial score (nSPS) is 13.4. The fourth-order valence-electron chi connectivity index (χ4n) is 4.45. The van der Waals surface area contributed by atoms with Gasteiger partial charge in [0.05, 0.1) is 0 Å². The number of fused-ring (bicyclic) bond motifs is 1. The minimum absolute atomic E-state index is 0.223. The molecule has 0 radical (unpaired) electrons. The lowest BCUT2D eigenvalue weighted by Crippen LogP contribution is -2.30. The Morgan fingerprint density at radius 2 is 1.85 bits per heavy atom. The smallest absolute Gasteiger partial charge is 0.437 e. The fourth-order valence-corrected chi connectivity index (χ4v) is 4.45. The third-order valence-electron chi connectivity index (χ3n) is 6.31. The number of alkyl halides is 3. The summed E-state index contributed by atoms with van der Waals surface area (Å²) in [5.41, 5.74) is 4.15. The summed E-state index contributed by atoms with van der Waals surface area (Å²) >= 11 is 0. The Kier molecular flexibility index (Phi) is 7.42. The summed E-state index contributed by atoms with van der Waals surface area (Å²) in [6.45, 7) is 2.52. The van der Waals surface area contributed by atoms with E-state index in [9.17, 15) is 18.0 Å². The van der Waals surface area contributed by atoms with Gasteiger partial charge in [0.1, 0.15) is 17.2 Å². The molecule has 0 saturated heterocycles. The molecule has 0 bridgehead atoms. The molecule has 2 amide bonds. The first kappa shape index (κ1) is 26.1. The monoisotopic (exact) mass is 537 g/mol. The zero-order valence-electron chi connectivity index (χ0n) is 21.0. The average Bonchev–Trinajstić information content (AvgIpc) is 3.29. The highest BCUT2D eigenvalue weighted by atomic mass is 19.4. The van der Waals surface area contributed by atoms with Crippen molar-refractivity contribution in [2.45, 2.75) is 25.9 Å². The van der Waals surface area contributed by atoms with Crippen LogP contribution in [0.25, 0.3) is 0 Å². The molecule has 0 fully saturated rings. The molecule has 0 spiro atoms. The number of benzene rings is 2. The lowest BCUT2D eigenvalue weighted by molar-refractivity contribution is -0.274. The Morgan fingerprint density at radius 3 is 2.59 bits per heavy atom. The molecular weight excluding hydrogens is 511 g/mol. The van der Waals surface area contributed by atoms with Gasteiger partial charge in [0.25, 0.3) is 0 Å². The van der Waals surface area contributed by atoms with E-state index < -0.39 is 12.4 Å². The molecule has 39 heavy (non-hydrogen) atoms. The molecule has 11 heteroatoms. The van der Waals surface area contributed by atoms with Gasteiger partial charge in [-0.3, -0.25) is 4.90 Å². The van der Waals surface area contributed by atoms with E-state index in [0.717, 1.165) is 43.8 Å². The summed E-state index contributed by atoms with van der Waals surface area (Å²) < 4.78 is 49.2. The second kappa shape index (κ2) is 11.1. The summed E-state index contributed by atoms with van der Waals surface area (Å²) in [5, 5.41) is 5.26. The predicted octanol–water partition coefficient (Wildman–Crippen LogP) is 6.31. The number of halogens is 3. The molecular formula is C28H26F3N5O3. The van der Waals surface area contributed by atoms with Gasteiger partial charge in [0.2, 0.25) is 5.88 Å². The Morgan fingerprint density at radius 1 is 1.03 bits per heavy atom. The van der Waals surface area contributed by atoms with Gasteiger partial charge < -0.3 is 24.7 Å². The van der Waals surface area contributed by atoms with Gasteiger partial charge in [-0.15, -0.1) is 13.2 Å². The highest BCUT2D eigenvalue weighted by Gasteiger charge is 2.31. The van der Waals surface area contributed by atoms with Crippen molar-refractivity contribution in [3.8, 4) is 17.4 Å². The van der Waals surface area contributed by atoms with Gasteiger partial charge in [0.15, 0.2) is 0 Å². The van der Waals surface area contributed by atoms with E-state index in [1.165, 1.54) is 23.4 Å². The van der Waals surface area contributed by atoms with Crippen molar-refractivity contribution < 1.29 is 27.4 Å². The number of aryl methyl sites for hydroxylation is 1. The number of hydrogen-bond acceptors (Lipinski definition) is 5. The van der Waals surface area contributed by atoms with E-state index in [1.54, 1.807) is 18.3 Å². The number of nitrogens with zero attached hydrogens (tertiary/aromatic N) is 3. The molecule has 2 aromatic heterocycles. The highest BCUT2D eigenvalue weighted by molar-refractivity contribution is 6.00. The molecule has 1 aliphatic rings. The Balaban J connectivity index is 1.24. The predicted molar refractivity (Wildman–Crippen MR) is 140 cm³/mol. The van der Waals surface area contributed by atoms with Crippen LogP contribution in [-0.4, -0.2) is 33.4 Å². The van der Waals surface area contributed by atoms with Crippen LogP contribution >= 0.6 is 0 Å². The molecule has 202 valence electrons. The van der Waals surface area contributed by atoms with E-state index in [0.29, 0.717) is 11.4 Å². The second-order valence-corrected chi connectivity index (χ2v) is 9.07. The molecule has 8 nitrogen and oxygen atoms in total. The zero-order valence-corrected chi connectivity index (χ0v) is 21.0. The number of rotatable bonds is 7. The Hall–Kier alpha value is -4.51. The van der Waals surface area contributed by atoms with E-state index >= 15 is 0 Å². The minimum atomic E-state index is -4.79. The van der Waals surface area contributed by atoms with Crippen molar-refractivity contribution in [3.63, 3.8) is 0 Å². The average molecular weight is 538 g/mol. The van der Waals surface area contributed by atoms with E-state index in [4.69, 9.17) is 4.74 Å². The minimum Gasteiger partial charge on any atom is -0.437 e. The van der Waals surface area contributed by atoms with Gasteiger partial charge in [-0.25, -0.2) is 9.78 Å². The van der Waals surface area contributed by atoms with Crippen LogP contribution in [0, 0.1) is 0 Å². The van der Waals surface area contributed by atoms with Gasteiger partial charge in [-0.1, -0.05) is 12.1 Å². The summed E-state index contributed by atoms with van der Waals surface area (Å²) in [6.07, 6.45) is -0.377. The van der Waals surface area contributed by atoms with Crippen molar-refractivity contribution in [1.82, 2.24) is 14.5 Å². The third-order valence-corrected chi connectivity index (χ3v) is 6.31. The molecule has 2 aromatic carbocycles. The lowest BCUT2D eigenvalue weighted by atomic mass is 9.98. The van der Waals surface area contributed by atoms with Crippen molar-refractivity contribution in [2.75, 3.05) is 17.2 Å². The van der Waals surface area contributed by atoms with Crippen molar-refractivity contribution in [1.29, 1.82) is 0 Å². The molecule has 5 rings (SSSR count). The maximum absolute atomic E-state index is 12.6. The molecule has 2 N–H and O–H groups in total. The zero-order chi connectivity index (χ0) is 27.4. The number of carbonyl (C=O) groups excluding carboxylic acids is 1. The number of pyridine rings is 1. The molecule has 1 aliphatic heterocycles. The number of nitrogens with one attached hydrogen (secondary N) is 2.